The average Bonchev–Trinajstić information content (AvgIpc) is 2.79. The van der Waals surface area contributed by atoms with Crippen LogP contribution in [0.25, 0.3) is 0 Å². The molecule has 1 amide bonds. The van der Waals surface area contributed by atoms with Crippen molar-refractivity contribution in [3.05, 3.63) is 11.6 Å². The zero-order valence-electron chi connectivity index (χ0n) is 14.6. The molecular weight excluding hydrogens is 284 g/mol. The maximum Gasteiger partial charge on any atom is 0.251 e. The Bertz CT molecular complexity index is 496. The van der Waals surface area contributed by atoms with Gasteiger partial charge in [-0.05, 0) is 41.5 Å². The summed E-state index contributed by atoms with van der Waals surface area (Å²) in [5.41, 5.74) is -0.688. The van der Waals surface area contributed by atoms with Crippen molar-refractivity contribution in [1.82, 2.24) is 9.96 Å². The highest BCUT2D eigenvalue weighted by molar-refractivity contribution is 5.96. The van der Waals surface area contributed by atoms with E-state index in [1.54, 1.807) is 11.9 Å². The summed E-state index contributed by atoms with van der Waals surface area (Å²) < 4.78 is 11.3. The molecule has 0 spiro atoms. The zero-order valence-corrected chi connectivity index (χ0v) is 14.6. The van der Waals surface area contributed by atoms with E-state index in [0.29, 0.717) is 18.7 Å². The smallest absolute Gasteiger partial charge is 0.251 e. The van der Waals surface area contributed by atoms with E-state index in [1.807, 2.05) is 47.6 Å². The molecule has 1 N–H and O–H groups in total. The van der Waals surface area contributed by atoms with E-state index in [-0.39, 0.29) is 12.0 Å². The fourth-order valence-electron chi connectivity index (χ4n) is 3.20. The van der Waals surface area contributed by atoms with Crippen LogP contribution in [0.15, 0.2) is 11.6 Å². The van der Waals surface area contributed by atoms with Gasteiger partial charge in [-0.2, -0.15) is 5.06 Å². The Hall–Kier alpha value is -0.950. The first-order chi connectivity index (χ1) is 9.87. The standard InChI is InChI=1S/C16H28N2O4/c1-14(2)8-12(15(3,4)18(14)20)13(19)17(7)9-11-10-21-16(5,6)22-11/h8,11,20H,9-10H2,1-7H3. The maximum atomic E-state index is 12.8. The van der Waals surface area contributed by atoms with Crippen molar-refractivity contribution in [3.63, 3.8) is 0 Å². The molecule has 1 unspecified atom stereocenters. The molecule has 0 aromatic heterocycles. The topological polar surface area (TPSA) is 62.2 Å². The van der Waals surface area contributed by atoms with Crippen molar-refractivity contribution < 1.29 is 19.5 Å². The molecule has 22 heavy (non-hydrogen) atoms. The molecule has 0 radical (unpaired) electrons. The predicted molar refractivity (Wildman–Crippen MR) is 82.4 cm³/mol. The van der Waals surface area contributed by atoms with Crippen LogP contribution in [0.1, 0.15) is 41.5 Å². The number of ether oxygens (including phenoxy) is 2. The lowest BCUT2D eigenvalue weighted by atomic mass is 9.95. The van der Waals surface area contributed by atoms with E-state index in [0.717, 1.165) is 0 Å². The Morgan fingerprint density at radius 3 is 2.36 bits per heavy atom. The van der Waals surface area contributed by atoms with Crippen molar-refractivity contribution in [2.45, 2.75) is 64.5 Å². The monoisotopic (exact) mass is 312 g/mol. The molecule has 1 saturated heterocycles. The minimum absolute atomic E-state index is 0.0945. The van der Waals surface area contributed by atoms with Crippen LogP contribution in [-0.2, 0) is 14.3 Å². The van der Waals surface area contributed by atoms with E-state index in [2.05, 4.69) is 0 Å². The van der Waals surface area contributed by atoms with E-state index in [4.69, 9.17) is 9.47 Å². The fraction of sp³-hybridized carbons (Fsp3) is 0.812. The molecule has 2 rings (SSSR count). The van der Waals surface area contributed by atoms with Crippen LogP contribution in [0.3, 0.4) is 0 Å². The summed E-state index contributed by atoms with van der Waals surface area (Å²) in [7, 11) is 1.75. The summed E-state index contributed by atoms with van der Waals surface area (Å²) in [6, 6.07) is 0. The minimum atomic E-state index is -0.721. The molecule has 1 atom stereocenters. The Balaban J connectivity index is 2.08. The van der Waals surface area contributed by atoms with Crippen molar-refractivity contribution in [3.8, 4) is 0 Å². The van der Waals surface area contributed by atoms with Gasteiger partial charge in [0, 0.05) is 19.2 Å². The molecule has 2 aliphatic heterocycles. The molecule has 126 valence electrons. The average molecular weight is 312 g/mol. The first-order valence-corrected chi connectivity index (χ1v) is 7.66. The van der Waals surface area contributed by atoms with Crippen LogP contribution < -0.4 is 0 Å². The summed E-state index contributed by atoms with van der Waals surface area (Å²) in [6.07, 6.45) is 1.70. The highest BCUT2D eigenvalue weighted by Crippen LogP contribution is 2.39. The van der Waals surface area contributed by atoms with Crippen molar-refractivity contribution in [2.24, 2.45) is 0 Å². The first kappa shape index (κ1) is 17.4. The van der Waals surface area contributed by atoms with Crippen LogP contribution >= 0.6 is 0 Å². The van der Waals surface area contributed by atoms with Gasteiger partial charge in [-0.3, -0.25) is 4.79 Å². The van der Waals surface area contributed by atoms with Gasteiger partial charge in [-0.1, -0.05) is 6.08 Å². The largest absolute Gasteiger partial charge is 0.348 e. The van der Waals surface area contributed by atoms with Crippen molar-refractivity contribution in [1.29, 1.82) is 0 Å². The molecule has 0 bridgehead atoms. The number of rotatable bonds is 3. The minimum Gasteiger partial charge on any atom is -0.348 e. The Morgan fingerprint density at radius 1 is 1.36 bits per heavy atom. The second kappa shape index (κ2) is 5.30. The van der Waals surface area contributed by atoms with Gasteiger partial charge in [0.05, 0.1) is 17.7 Å². The number of likely N-dealkylation sites (N-methyl/N-ethyl adjacent to an activating group) is 1. The number of hydrogen-bond donors (Lipinski definition) is 1. The van der Waals surface area contributed by atoms with E-state index in [1.165, 1.54) is 5.06 Å². The molecule has 2 aliphatic rings. The Labute approximate surface area is 132 Å². The number of hydrogen-bond acceptors (Lipinski definition) is 5. The van der Waals surface area contributed by atoms with Gasteiger partial charge in [0.15, 0.2) is 5.79 Å². The summed E-state index contributed by atoms with van der Waals surface area (Å²) in [4.78, 5) is 14.4. The summed E-state index contributed by atoms with van der Waals surface area (Å²) in [5.74, 6) is -0.687. The first-order valence-electron chi connectivity index (χ1n) is 7.66. The number of hydroxylamine groups is 2. The fourth-order valence-corrected chi connectivity index (χ4v) is 3.20. The van der Waals surface area contributed by atoms with E-state index < -0.39 is 16.9 Å². The summed E-state index contributed by atoms with van der Waals surface area (Å²) >= 11 is 0. The lowest BCUT2D eigenvalue weighted by Gasteiger charge is -2.36. The number of carbonyl (C=O) groups is 1. The van der Waals surface area contributed by atoms with Crippen LogP contribution in [0.2, 0.25) is 0 Å². The quantitative estimate of drug-likeness (QED) is 0.861. The third kappa shape index (κ3) is 3.06. The molecule has 0 saturated carbocycles. The number of nitrogens with zero attached hydrogens (tertiary/aromatic N) is 2. The highest BCUT2D eigenvalue weighted by atomic mass is 16.7. The van der Waals surface area contributed by atoms with Crippen LogP contribution in [-0.4, -0.2) is 64.2 Å². The van der Waals surface area contributed by atoms with Gasteiger partial charge in [-0.25, -0.2) is 0 Å². The predicted octanol–water partition coefficient (Wildman–Crippen LogP) is 1.78. The second-order valence-corrected chi connectivity index (χ2v) is 7.72. The lowest BCUT2D eigenvalue weighted by molar-refractivity contribution is -0.186. The molecule has 0 aromatic rings. The van der Waals surface area contributed by atoms with Gasteiger partial charge in [-0.15, -0.1) is 0 Å². The maximum absolute atomic E-state index is 12.8. The van der Waals surface area contributed by atoms with Crippen molar-refractivity contribution >= 4 is 5.91 Å². The molecule has 6 nitrogen and oxygen atoms in total. The SMILES string of the molecule is CN(CC1COC(C)(C)O1)C(=O)C1=CC(C)(C)N(O)C1(C)C. The van der Waals surface area contributed by atoms with Crippen LogP contribution in [0, 0.1) is 0 Å². The van der Waals surface area contributed by atoms with Gasteiger partial charge in [0.1, 0.15) is 6.10 Å². The number of carbonyl (C=O) groups excluding carboxylic acids is 1. The molecule has 6 heteroatoms. The summed E-state index contributed by atoms with van der Waals surface area (Å²) in [6.45, 7) is 12.1. The van der Waals surface area contributed by atoms with Gasteiger partial charge in [0.2, 0.25) is 0 Å². The van der Waals surface area contributed by atoms with Gasteiger partial charge in [0.25, 0.3) is 5.91 Å². The molecule has 0 aliphatic carbocycles. The third-order valence-electron chi connectivity index (χ3n) is 4.35. The lowest BCUT2D eigenvalue weighted by Crippen LogP contribution is -2.50. The van der Waals surface area contributed by atoms with Crippen LogP contribution in [0.5, 0.6) is 0 Å². The summed E-state index contributed by atoms with van der Waals surface area (Å²) in [5, 5.41) is 11.5. The third-order valence-corrected chi connectivity index (χ3v) is 4.35. The zero-order chi connectivity index (χ0) is 16.9. The second-order valence-electron chi connectivity index (χ2n) is 7.72. The Morgan fingerprint density at radius 2 is 1.95 bits per heavy atom. The van der Waals surface area contributed by atoms with E-state index >= 15 is 0 Å². The Kier molecular flexibility index (Phi) is 4.19. The number of amides is 1. The van der Waals surface area contributed by atoms with Gasteiger partial charge >= 0.3 is 0 Å². The molecular formula is C16H28N2O4. The van der Waals surface area contributed by atoms with Crippen molar-refractivity contribution in [2.75, 3.05) is 20.2 Å². The molecule has 0 aromatic carbocycles. The highest BCUT2D eigenvalue weighted by Gasteiger charge is 2.48. The molecule has 2 heterocycles. The molecule has 1 fully saturated rings. The normalized spacial score (nSPS) is 29.5. The van der Waals surface area contributed by atoms with Gasteiger partial charge < -0.3 is 19.6 Å². The van der Waals surface area contributed by atoms with E-state index in [9.17, 15) is 10.0 Å². The van der Waals surface area contributed by atoms with Crippen LogP contribution in [0.4, 0.5) is 0 Å².